The van der Waals surface area contributed by atoms with Crippen LogP contribution in [0, 0.1) is 0 Å². The zero-order valence-electron chi connectivity index (χ0n) is 17.4. The fourth-order valence-corrected chi connectivity index (χ4v) is 4.42. The number of carbonyl (C=O) groups excluding carboxylic acids is 1. The van der Waals surface area contributed by atoms with Gasteiger partial charge in [-0.3, -0.25) is 4.79 Å². The number of aromatic nitrogens is 1. The Labute approximate surface area is 191 Å². The number of nitrogens with zero attached hydrogens (tertiary/aromatic N) is 3. The highest BCUT2D eigenvalue weighted by Crippen LogP contribution is 2.30. The van der Waals surface area contributed by atoms with E-state index in [1.165, 1.54) is 0 Å². The second-order valence-electron chi connectivity index (χ2n) is 7.85. The molecule has 0 unspecified atom stereocenters. The third kappa shape index (κ3) is 3.87. The Morgan fingerprint density at radius 2 is 1.62 bits per heavy atom. The van der Waals surface area contributed by atoms with E-state index in [9.17, 15) is 9.90 Å². The molecule has 0 radical (unpaired) electrons. The van der Waals surface area contributed by atoms with Gasteiger partial charge < -0.3 is 14.9 Å². The standard InChI is InChI=1S/C26H22ClN3O2/c27-23-10-3-1-9-21(23)25-17-22(20-8-2-4-11-24(20)28-25)26(32)30-14-12-29(13-15-30)18-6-5-7-19(31)16-18/h1-11,16-17,31H,12-15H2. The molecule has 160 valence electrons. The SMILES string of the molecule is O=C(c1cc(-c2ccccc2Cl)nc2ccccc12)N1CCN(c2cccc(O)c2)CC1. The van der Waals surface area contributed by atoms with E-state index in [0.29, 0.717) is 42.5 Å². The first-order chi connectivity index (χ1) is 15.6. The van der Waals surface area contributed by atoms with Gasteiger partial charge in [-0.15, -0.1) is 0 Å². The summed E-state index contributed by atoms with van der Waals surface area (Å²) in [5.41, 5.74) is 3.87. The number of amides is 1. The normalized spacial score (nSPS) is 14.0. The van der Waals surface area contributed by atoms with Crippen molar-refractivity contribution in [3.05, 3.63) is 89.4 Å². The van der Waals surface area contributed by atoms with Crippen LogP contribution in [0.2, 0.25) is 5.02 Å². The number of hydrogen-bond donors (Lipinski definition) is 1. The van der Waals surface area contributed by atoms with Crippen molar-refractivity contribution in [3.8, 4) is 17.0 Å². The number of rotatable bonds is 3. The average Bonchev–Trinajstić information content (AvgIpc) is 2.83. The highest BCUT2D eigenvalue weighted by atomic mass is 35.5. The molecule has 1 aromatic heterocycles. The fraction of sp³-hybridized carbons (Fsp3) is 0.154. The van der Waals surface area contributed by atoms with Gasteiger partial charge in [-0.2, -0.15) is 0 Å². The summed E-state index contributed by atoms with van der Waals surface area (Å²) in [6, 6.07) is 24.3. The van der Waals surface area contributed by atoms with Crippen LogP contribution in [0.15, 0.2) is 78.9 Å². The van der Waals surface area contributed by atoms with Crippen molar-refractivity contribution in [2.75, 3.05) is 31.1 Å². The molecule has 0 spiro atoms. The molecule has 0 saturated carbocycles. The number of pyridine rings is 1. The minimum Gasteiger partial charge on any atom is -0.508 e. The predicted molar refractivity (Wildman–Crippen MR) is 128 cm³/mol. The second-order valence-corrected chi connectivity index (χ2v) is 8.26. The lowest BCUT2D eigenvalue weighted by molar-refractivity contribution is 0.0748. The minimum absolute atomic E-state index is 0.00698. The van der Waals surface area contributed by atoms with Gasteiger partial charge >= 0.3 is 0 Å². The van der Waals surface area contributed by atoms with Crippen LogP contribution >= 0.6 is 11.6 Å². The van der Waals surface area contributed by atoms with Crippen molar-refractivity contribution in [1.29, 1.82) is 0 Å². The lowest BCUT2D eigenvalue weighted by Gasteiger charge is -2.36. The number of fused-ring (bicyclic) bond motifs is 1. The van der Waals surface area contributed by atoms with Crippen LogP contribution in [0.3, 0.4) is 0 Å². The zero-order chi connectivity index (χ0) is 22.1. The first kappa shape index (κ1) is 20.3. The van der Waals surface area contributed by atoms with Crippen LogP contribution in [0.4, 0.5) is 5.69 Å². The van der Waals surface area contributed by atoms with Gasteiger partial charge in [0.05, 0.1) is 16.8 Å². The number of halogens is 1. The Hall–Kier alpha value is -3.57. The average molecular weight is 444 g/mol. The predicted octanol–water partition coefficient (Wildman–Crippen LogP) is 5.22. The molecule has 1 amide bonds. The maximum Gasteiger partial charge on any atom is 0.254 e. The number of para-hydroxylation sites is 1. The Morgan fingerprint density at radius 3 is 2.41 bits per heavy atom. The lowest BCUT2D eigenvalue weighted by Crippen LogP contribution is -2.48. The van der Waals surface area contributed by atoms with Gasteiger partial charge in [0.1, 0.15) is 5.75 Å². The molecule has 4 aromatic rings. The molecular weight excluding hydrogens is 422 g/mol. The Balaban J connectivity index is 1.45. The quantitative estimate of drug-likeness (QED) is 0.471. The Morgan fingerprint density at radius 1 is 0.875 bits per heavy atom. The van der Waals surface area contributed by atoms with E-state index in [2.05, 4.69) is 4.90 Å². The molecule has 5 rings (SSSR count). The third-order valence-electron chi connectivity index (χ3n) is 5.86. The van der Waals surface area contributed by atoms with Gasteiger partial charge in [0.15, 0.2) is 0 Å². The molecule has 1 aliphatic heterocycles. The summed E-state index contributed by atoms with van der Waals surface area (Å²) in [6.07, 6.45) is 0. The van der Waals surface area contributed by atoms with Crippen LogP contribution in [-0.2, 0) is 0 Å². The van der Waals surface area contributed by atoms with Gasteiger partial charge in [0.2, 0.25) is 0 Å². The van der Waals surface area contributed by atoms with Gasteiger partial charge in [0.25, 0.3) is 5.91 Å². The highest BCUT2D eigenvalue weighted by Gasteiger charge is 2.25. The van der Waals surface area contributed by atoms with E-state index in [4.69, 9.17) is 16.6 Å². The van der Waals surface area contributed by atoms with Crippen LogP contribution in [0.5, 0.6) is 5.75 Å². The number of aromatic hydroxyl groups is 1. The molecule has 2 heterocycles. The molecule has 0 atom stereocenters. The largest absolute Gasteiger partial charge is 0.508 e. The lowest BCUT2D eigenvalue weighted by atomic mass is 10.0. The Kier molecular flexibility index (Phi) is 5.41. The summed E-state index contributed by atoms with van der Waals surface area (Å²) in [5.74, 6) is 0.240. The second kappa shape index (κ2) is 8.52. The summed E-state index contributed by atoms with van der Waals surface area (Å²) in [6.45, 7) is 2.62. The first-order valence-corrected chi connectivity index (χ1v) is 11.0. The van der Waals surface area contributed by atoms with Crippen molar-refractivity contribution < 1.29 is 9.90 Å². The van der Waals surface area contributed by atoms with Crippen LogP contribution in [0.1, 0.15) is 10.4 Å². The zero-order valence-corrected chi connectivity index (χ0v) is 18.2. The first-order valence-electron chi connectivity index (χ1n) is 10.6. The maximum atomic E-state index is 13.6. The highest BCUT2D eigenvalue weighted by molar-refractivity contribution is 6.33. The van der Waals surface area contributed by atoms with Crippen LogP contribution in [0.25, 0.3) is 22.2 Å². The summed E-state index contributed by atoms with van der Waals surface area (Å²) in [5, 5.41) is 11.2. The van der Waals surface area contributed by atoms with Crippen molar-refractivity contribution in [2.24, 2.45) is 0 Å². The van der Waals surface area contributed by atoms with Crippen molar-refractivity contribution in [2.45, 2.75) is 0 Å². The number of benzene rings is 3. The summed E-state index contributed by atoms with van der Waals surface area (Å²) in [7, 11) is 0. The molecule has 0 aliphatic carbocycles. The number of phenolic OH excluding ortho intramolecular Hbond substituents is 1. The molecule has 1 N–H and O–H groups in total. The van der Waals surface area contributed by atoms with E-state index in [1.54, 1.807) is 12.1 Å². The number of piperazine rings is 1. The topological polar surface area (TPSA) is 56.7 Å². The summed E-state index contributed by atoms with van der Waals surface area (Å²) in [4.78, 5) is 22.4. The van der Waals surface area contributed by atoms with Gasteiger partial charge in [-0.25, -0.2) is 4.98 Å². The molecule has 5 nitrogen and oxygen atoms in total. The van der Waals surface area contributed by atoms with E-state index in [1.807, 2.05) is 71.6 Å². The van der Waals surface area contributed by atoms with Crippen molar-refractivity contribution in [1.82, 2.24) is 9.88 Å². The molecule has 3 aromatic carbocycles. The number of anilines is 1. The monoisotopic (exact) mass is 443 g/mol. The number of phenols is 1. The minimum atomic E-state index is -0.00698. The number of hydrogen-bond acceptors (Lipinski definition) is 4. The smallest absolute Gasteiger partial charge is 0.254 e. The van der Waals surface area contributed by atoms with Crippen LogP contribution < -0.4 is 4.90 Å². The number of carbonyl (C=O) groups is 1. The molecule has 6 heteroatoms. The third-order valence-corrected chi connectivity index (χ3v) is 6.19. The Bertz CT molecular complexity index is 1300. The molecule has 1 saturated heterocycles. The molecule has 1 aliphatic rings. The fourth-order valence-electron chi connectivity index (χ4n) is 4.19. The van der Waals surface area contributed by atoms with Gasteiger partial charge in [-0.05, 0) is 30.3 Å². The van der Waals surface area contributed by atoms with Crippen molar-refractivity contribution >= 4 is 34.1 Å². The van der Waals surface area contributed by atoms with E-state index < -0.39 is 0 Å². The molecule has 0 bridgehead atoms. The summed E-state index contributed by atoms with van der Waals surface area (Å²) < 4.78 is 0. The summed E-state index contributed by atoms with van der Waals surface area (Å²) >= 11 is 6.42. The molecule has 32 heavy (non-hydrogen) atoms. The van der Waals surface area contributed by atoms with Gasteiger partial charge in [-0.1, -0.05) is 54.1 Å². The van der Waals surface area contributed by atoms with Crippen molar-refractivity contribution in [3.63, 3.8) is 0 Å². The van der Waals surface area contributed by atoms with E-state index in [-0.39, 0.29) is 11.7 Å². The van der Waals surface area contributed by atoms with Gasteiger partial charge in [0, 0.05) is 53.9 Å². The van der Waals surface area contributed by atoms with E-state index >= 15 is 0 Å². The van der Waals surface area contributed by atoms with E-state index in [0.717, 1.165) is 22.2 Å². The molecular formula is C26H22ClN3O2. The maximum absolute atomic E-state index is 13.6. The van der Waals surface area contributed by atoms with Crippen LogP contribution in [-0.4, -0.2) is 47.1 Å². The molecule has 1 fully saturated rings.